The van der Waals surface area contributed by atoms with Crippen LogP contribution < -0.4 is 68.9 Å². The fourth-order valence-electron chi connectivity index (χ4n) is 1.56. The van der Waals surface area contributed by atoms with E-state index in [2.05, 4.69) is 6.92 Å². The van der Waals surface area contributed by atoms with Crippen LogP contribution in [0.2, 0.25) is 10.0 Å². The summed E-state index contributed by atoms with van der Waals surface area (Å²) in [5.74, 6) is 0.457. The van der Waals surface area contributed by atoms with Crippen LogP contribution in [0.1, 0.15) is 18.9 Å². The van der Waals surface area contributed by atoms with Crippen molar-refractivity contribution in [1.29, 1.82) is 0 Å². The van der Waals surface area contributed by atoms with Gasteiger partial charge in [0.25, 0.3) is 0 Å². The molecule has 1 saturated heterocycles. The van der Waals surface area contributed by atoms with Gasteiger partial charge in [0, 0.05) is 0 Å². The van der Waals surface area contributed by atoms with Crippen molar-refractivity contribution in [2.45, 2.75) is 26.2 Å². The third-order valence-corrected chi connectivity index (χ3v) is 3.19. The molecule has 1 fully saturated rings. The van der Waals surface area contributed by atoms with Crippen LogP contribution >= 0.6 is 23.2 Å². The Morgan fingerprint density at radius 1 is 1.41 bits per heavy atom. The summed E-state index contributed by atoms with van der Waals surface area (Å²) in [4.78, 5) is 0. The van der Waals surface area contributed by atoms with E-state index in [1.165, 1.54) is 0 Å². The minimum Gasteiger partial charge on any atom is -0.529 e. The van der Waals surface area contributed by atoms with Crippen LogP contribution in [0.4, 0.5) is 0 Å². The van der Waals surface area contributed by atoms with E-state index >= 15 is 0 Å². The van der Waals surface area contributed by atoms with E-state index in [-0.39, 0.29) is 75.2 Å². The predicted octanol–water partition coefficient (Wildman–Crippen LogP) is 1.06. The van der Waals surface area contributed by atoms with Crippen LogP contribution in [-0.4, -0.2) is 6.29 Å². The number of hydrogen-bond acceptors (Lipinski definition) is 2. The molecule has 0 amide bonds. The van der Waals surface area contributed by atoms with E-state index in [1.54, 1.807) is 6.07 Å². The average Bonchev–Trinajstić information content (AvgIpc) is 2.66. The van der Waals surface area contributed by atoms with Gasteiger partial charge >= 0.3 is 68.9 Å². The molecule has 1 aliphatic rings. The standard InChI is InChI=1S/C12H13Cl2O2.Cs/c1-8-4-12(15-6-8)16-7-9-2-3-10(13)11(14)5-9;/h2-3,5-6,8,12H,4,7H2,1H3;/q-1;+1/t8-,12?;/m1./s1. The molecule has 0 spiro atoms. The number of halogens is 2. The maximum atomic E-state index is 5.91. The Morgan fingerprint density at radius 3 is 2.76 bits per heavy atom. The summed E-state index contributed by atoms with van der Waals surface area (Å²) in [5.41, 5.74) is 0.998. The van der Waals surface area contributed by atoms with Crippen molar-refractivity contribution in [3.05, 3.63) is 40.4 Å². The molecular weight excluding hydrogens is 380 g/mol. The second-order valence-corrected chi connectivity index (χ2v) is 4.79. The summed E-state index contributed by atoms with van der Waals surface area (Å²) in [7, 11) is 0. The first-order chi connectivity index (χ1) is 7.65. The molecule has 1 aromatic carbocycles. The number of ether oxygens (including phenoxy) is 2. The Hall–Kier alpha value is 1.77. The van der Waals surface area contributed by atoms with Crippen LogP contribution in [0, 0.1) is 12.5 Å². The van der Waals surface area contributed by atoms with E-state index in [1.807, 2.05) is 18.7 Å². The van der Waals surface area contributed by atoms with E-state index in [9.17, 15) is 0 Å². The summed E-state index contributed by atoms with van der Waals surface area (Å²) >= 11 is 11.7. The van der Waals surface area contributed by atoms with Crippen molar-refractivity contribution in [1.82, 2.24) is 0 Å². The van der Waals surface area contributed by atoms with Crippen molar-refractivity contribution in [3.8, 4) is 0 Å². The van der Waals surface area contributed by atoms with Crippen molar-refractivity contribution in [2.24, 2.45) is 5.92 Å². The Bertz CT molecular complexity index is 374. The van der Waals surface area contributed by atoms with Gasteiger partial charge in [-0.05, 0) is 24.1 Å². The molecule has 1 aliphatic heterocycles. The molecule has 88 valence electrons. The first-order valence-electron chi connectivity index (χ1n) is 5.19. The first kappa shape index (κ1) is 16.8. The Morgan fingerprint density at radius 2 is 2.18 bits per heavy atom. The summed E-state index contributed by atoms with van der Waals surface area (Å²) in [5, 5.41) is 1.11. The maximum Gasteiger partial charge on any atom is 1.00 e. The molecule has 0 aromatic heterocycles. The van der Waals surface area contributed by atoms with Gasteiger partial charge in [-0.15, -0.1) is 5.92 Å². The molecule has 0 saturated carbocycles. The van der Waals surface area contributed by atoms with Gasteiger partial charge in [0.1, 0.15) is 6.29 Å². The smallest absolute Gasteiger partial charge is 0.529 e. The van der Waals surface area contributed by atoms with E-state index < -0.39 is 0 Å². The van der Waals surface area contributed by atoms with Gasteiger partial charge in [-0.25, -0.2) is 6.61 Å². The second-order valence-electron chi connectivity index (χ2n) is 3.97. The molecule has 0 bridgehead atoms. The zero-order valence-corrected chi connectivity index (χ0v) is 17.7. The van der Waals surface area contributed by atoms with Crippen LogP contribution in [-0.2, 0) is 16.1 Å². The fraction of sp³-hybridized carbons (Fsp3) is 0.417. The minimum atomic E-state index is -0.135. The third kappa shape index (κ3) is 5.34. The second kappa shape index (κ2) is 8.15. The molecule has 2 atom stereocenters. The first-order valence-corrected chi connectivity index (χ1v) is 5.95. The van der Waals surface area contributed by atoms with Crippen LogP contribution in [0.25, 0.3) is 0 Å². The molecule has 2 rings (SSSR count). The molecule has 0 aliphatic carbocycles. The molecule has 1 aromatic rings. The molecule has 17 heavy (non-hydrogen) atoms. The van der Waals surface area contributed by atoms with Gasteiger partial charge in [-0.3, -0.25) is 0 Å². The summed E-state index contributed by atoms with van der Waals surface area (Å²) < 4.78 is 10.9. The van der Waals surface area contributed by atoms with E-state index in [0.717, 1.165) is 12.0 Å². The maximum absolute atomic E-state index is 5.91. The molecule has 1 unspecified atom stereocenters. The third-order valence-electron chi connectivity index (χ3n) is 2.45. The van der Waals surface area contributed by atoms with Crippen molar-refractivity contribution >= 4 is 23.2 Å². The van der Waals surface area contributed by atoms with Gasteiger partial charge in [-0.2, -0.15) is 0 Å². The summed E-state index contributed by atoms with van der Waals surface area (Å²) in [6.45, 7) is 4.41. The van der Waals surface area contributed by atoms with Gasteiger partial charge in [0.15, 0.2) is 0 Å². The number of hydrogen-bond donors (Lipinski definition) is 0. The van der Waals surface area contributed by atoms with Crippen molar-refractivity contribution in [3.63, 3.8) is 0 Å². The average molecular weight is 393 g/mol. The zero-order valence-electron chi connectivity index (χ0n) is 9.95. The molecule has 1 heterocycles. The van der Waals surface area contributed by atoms with Gasteiger partial charge in [0.05, 0.1) is 16.7 Å². The molecule has 0 radical (unpaired) electrons. The fourth-order valence-corrected chi connectivity index (χ4v) is 1.88. The predicted molar refractivity (Wildman–Crippen MR) is 64.2 cm³/mol. The monoisotopic (exact) mass is 392 g/mol. The van der Waals surface area contributed by atoms with Gasteiger partial charge < -0.3 is 9.47 Å². The number of rotatable bonds is 3. The van der Waals surface area contributed by atoms with Crippen LogP contribution in [0.5, 0.6) is 0 Å². The Balaban J connectivity index is 0.00000144. The Labute approximate surface area is 171 Å². The Kier molecular flexibility index (Phi) is 8.06. The van der Waals surface area contributed by atoms with Gasteiger partial charge in [-0.1, -0.05) is 36.2 Å². The minimum absolute atomic E-state index is 0. The quantitative estimate of drug-likeness (QED) is 0.716. The van der Waals surface area contributed by atoms with Crippen molar-refractivity contribution in [2.75, 3.05) is 0 Å². The largest absolute Gasteiger partial charge is 1.00 e. The molecule has 0 N–H and O–H groups in total. The van der Waals surface area contributed by atoms with E-state index in [0.29, 0.717) is 22.6 Å². The summed E-state index contributed by atoms with van der Waals surface area (Å²) in [6.07, 6.45) is 0.769. The number of benzene rings is 1. The SMILES string of the molecule is C[C@H]1[CH-]OC(OCc2ccc(Cl)c(Cl)c2)C1.[Cs+]. The molecule has 2 nitrogen and oxygen atoms in total. The van der Waals surface area contributed by atoms with Crippen LogP contribution in [0.15, 0.2) is 18.2 Å². The van der Waals surface area contributed by atoms with Crippen LogP contribution in [0.3, 0.4) is 0 Å². The molecule has 5 heteroatoms. The zero-order chi connectivity index (χ0) is 11.5. The molecular formula is C12H13Cl2CsO2. The topological polar surface area (TPSA) is 18.5 Å². The van der Waals surface area contributed by atoms with Gasteiger partial charge in [0.2, 0.25) is 0 Å². The summed E-state index contributed by atoms with van der Waals surface area (Å²) in [6, 6.07) is 5.48. The normalized spacial score (nSPS) is 23.5. The van der Waals surface area contributed by atoms with Crippen molar-refractivity contribution < 1.29 is 78.4 Å². The van der Waals surface area contributed by atoms with E-state index in [4.69, 9.17) is 32.7 Å².